The summed E-state index contributed by atoms with van der Waals surface area (Å²) in [6, 6.07) is -4.11. The first-order chi connectivity index (χ1) is 41.7. The molecule has 0 aliphatic heterocycles. The van der Waals surface area contributed by atoms with Crippen LogP contribution >= 0.6 is 0 Å². The number of carboxylic acid groups (broad SMARTS) is 2. The van der Waals surface area contributed by atoms with Crippen molar-refractivity contribution in [3.8, 4) is 0 Å². The molecule has 0 aliphatic rings. The second kappa shape index (κ2) is 35.6. The number of carbonyl (C=O) groups excluding carboxylic acids is 9. The van der Waals surface area contributed by atoms with Gasteiger partial charge in [-0.25, -0.2) is 19.7 Å². The maximum atomic E-state index is 14.6. The fourth-order valence-electron chi connectivity index (χ4n) is 9.30. The van der Waals surface area contributed by atoms with E-state index in [1.807, 2.05) is 44.2 Å². The maximum absolute atomic E-state index is 14.6. The van der Waals surface area contributed by atoms with Crippen LogP contribution in [0.3, 0.4) is 0 Å². The molecule has 482 valence electrons. The first kappa shape index (κ1) is 71.5. The zero-order valence-corrected chi connectivity index (χ0v) is 51.3. The van der Waals surface area contributed by atoms with Crippen molar-refractivity contribution in [2.45, 2.75) is 187 Å². The predicted molar refractivity (Wildman–Crippen MR) is 320 cm³/mol. The molecule has 3 heterocycles. The van der Waals surface area contributed by atoms with E-state index in [0.717, 1.165) is 5.56 Å². The number of nitrogens with one attached hydrogen (secondary N) is 12. The molecule has 1 aromatic carbocycles. The molecule has 0 bridgehead atoms. The monoisotopic (exact) mass is 1230 g/mol. The van der Waals surface area contributed by atoms with Gasteiger partial charge >= 0.3 is 11.9 Å². The molecule has 3 aromatic heterocycles. The second-order valence-corrected chi connectivity index (χ2v) is 23.0. The van der Waals surface area contributed by atoms with Crippen molar-refractivity contribution >= 4 is 65.1 Å². The summed E-state index contributed by atoms with van der Waals surface area (Å²) >= 11 is 0. The molecule has 0 saturated heterocycles. The Bertz CT molecular complexity index is 2910. The quantitative estimate of drug-likeness (QED) is 0.0280. The largest absolute Gasteiger partial charge is 0.481 e. The molecule has 88 heavy (non-hydrogen) atoms. The van der Waals surface area contributed by atoms with Crippen LogP contribution in [0.5, 0.6) is 0 Å². The van der Waals surface area contributed by atoms with Crippen LogP contribution < -0.4 is 53.6 Å². The van der Waals surface area contributed by atoms with Crippen LogP contribution in [-0.4, -0.2) is 166 Å². The van der Waals surface area contributed by atoms with Gasteiger partial charge in [-0.15, -0.1) is 0 Å². The third kappa shape index (κ3) is 23.7. The molecule has 4 aromatic rings. The molecular weight excluding hydrogens is 1140 g/mol. The maximum Gasteiger partial charge on any atom is 0.326 e. The third-order valence-corrected chi connectivity index (χ3v) is 14.8. The third-order valence-electron chi connectivity index (χ3n) is 14.8. The summed E-state index contributed by atoms with van der Waals surface area (Å²) in [5.74, 6) is -11.4. The van der Waals surface area contributed by atoms with E-state index in [0.29, 0.717) is 29.9 Å². The van der Waals surface area contributed by atoms with E-state index < -0.39 is 150 Å². The number of hydrogen-bond donors (Lipinski definition) is 15. The number of amides is 9. The van der Waals surface area contributed by atoms with Gasteiger partial charge in [-0.05, 0) is 61.8 Å². The highest BCUT2D eigenvalue weighted by atomic mass is 16.4. The first-order valence-corrected chi connectivity index (χ1v) is 29.6. The minimum atomic E-state index is -1.56. The van der Waals surface area contributed by atoms with Gasteiger partial charge in [0.15, 0.2) is 0 Å². The molecule has 0 saturated carbocycles. The zero-order chi connectivity index (χ0) is 65.2. The zero-order valence-electron chi connectivity index (χ0n) is 51.3. The number of benzene rings is 1. The van der Waals surface area contributed by atoms with E-state index in [1.54, 1.807) is 41.5 Å². The summed E-state index contributed by atoms with van der Waals surface area (Å²) in [6.45, 7) is 15.4. The smallest absolute Gasteiger partial charge is 0.326 e. The fraction of sp³-hybridized carbons (Fsp3) is 0.559. The van der Waals surface area contributed by atoms with Crippen LogP contribution in [0.15, 0.2) is 67.9 Å². The van der Waals surface area contributed by atoms with Gasteiger partial charge in [0.05, 0.1) is 25.0 Å². The van der Waals surface area contributed by atoms with Gasteiger partial charge < -0.3 is 78.7 Å². The second-order valence-electron chi connectivity index (χ2n) is 23.0. The minimum absolute atomic E-state index is 0.0388. The average molecular weight is 1230 g/mol. The summed E-state index contributed by atoms with van der Waals surface area (Å²) in [5, 5.41) is 43.2. The first-order valence-electron chi connectivity index (χ1n) is 29.6. The molecule has 12 atom stereocenters. The molecule has 4 rings (SSSR count). The summed E-state index contributed by atoms with van der Waals surface area (Å²) < 4.78 is 0. The summed E-state index contributed by atoms with van der Waals surface area (Å²) in [7, 11) is 0. The van der Waals surface area contributed by atoms with Crippen molar-refractivity contribution in [3.63, 3.8) is 0 Å². The summed E-state index contributed by atoms with van der Waals surface area (Å²) in [4.78, 5) is 171. The van der Waals surface area contributed by atoms with Gasteiger partial charge in [0.1, 0.15) is 54.4 Å². The Balaban J connectivity index is 1.52. The van der Waals surface area contributed by atoms with Crippen LogP contribution in [0.1, 0.15) is 123 Å². The van der Waals surface area contributed by atoms with Gasteiger partial charge in [-0.3, -0.25) is 47.9 Å². The standard InChI is InChI=1S/C59H88N16O13/c1-10-33(7)48(57(85)67-35(9)50(78)68-41(17-18-47(76)77)52(80)74-49(34(8)11-2)58(86)73-46(59(87)88)24-39-27-63-30-66-39)75-56(84)43(20-32(5)6)70-54(82)44(22-37-25-61-28-64-37)72-55(83)45(23-38-26-62-29-65-38)71-53(81)42(19-31(3)4)69-51(79)40(60)21-36-15-13-12-14-16-36/h12-16,25-35,40-46,48-49H,10-11,17-24,60H2,1-9H3,(H,61,64)(H,62,65)(H,63,66)(H,67,85)(H,68,78)(H,69,79)(H,70,82)(H,71,81)(H,72,83)(H,73,86)(H,74,80)(H,75,84)(H,76,77)(H,87,88)/t33-,34-,35-,40-,41-,42-,43-,44-,45-,46-,48-,49-/m0/s1. The van der Waals surface area contributed by atoms with Crippen molar-refractivity contribution in [1.29, 1.82) is 0 Å². The molecule has 29 nitrogen and oxygen atoms in total. The normalized spacial score (nSPS) is 15.4. The molecule has 0 aliphatic carbocycles. The summed E-state index contributed by atoms with van der Waals surface area (Å²) in [6.07, 6.45) is 7.97. The van der Waals surface area contributed by atoms with E-state index in [2.05, 4.69) is 77.8 Å². The molecule has 0 unspecified atom stereocenters. The van der Waals surface area contributed by atoms with Crippen molar-refractivity contribution in [2.24, 2.45) is 29.4 Å². The number of nitrogens with zero attached hydrogens (tertiary/aromatic N) is 3. The van der Waals surface area contributed by atoms with E-state index in [-0.39, 0.29) is 50.4 Å². The van der Waals surface area contributed by atoms with Crippen molar-refractivity contribution in [1.82, 2.24) is 77.8 Å². The molecular formula is C59H88N16O13. The van der Waals surface area contributed by atoms with Crippen LogP contribution in [0.2, 0.25) is 0 Å². The van der Waals surface area contributed by atoms with Gasteiger partial charge in [0.2, 0.25) is 53.2 Å². The fourth-order valence-corrected chi connectivity index (χ4v) is 9.30. The number of nitrogens with two attached hydrogens (primary N) is 1. The lowest BCUT2D eigenvalue weighted by Gasteiger charge is -2.30. The number of carboxylic acids is 2. The molecule has 29 heteroatoms. The average Bonchev–Trinajstić information content (AvgIpc) is 4.28. The molecule has 0 fully saturated rings. The van der Waals surface area contributed by atoms with Crippen molar-refractivity contribution < 1.29 is 63.0 Å². The van der Waals surface area contributed by atoms with Crippen LogP contribution in [0, 0.1) is 23.7 Å². The Morgan fingerprint density at radius 2 is 0.830 bits per heavy atom. The number of H-pyrrole nitrogens is 3. The number of rotatable bonds is 38. The van der Waals surface area contributed by atoms with E-state index in [1.165, 1.54) is 44.5 Å². The lowest BCUT2D eigenvalue weighted by Crippen LogP contribution is -2.61. The lowest BCUT2D eigenvalue weighted by molar-refractivity contribution is -0.142. The van der Waals surface area contributed by atoms with Crippen molar-refractivity contribution in [2.75, 3.05) is 0 Å². The molecule has 0 radical (unpaired) electrons. The van der Waals surface area contributed by atoms with Gasteiger partial charge in [0, 0.05) is 61.4 Å². The minimum Gasteiger partial charge on any atom is -0.481 e. The van der Waals surface area contributed by atoms with Crippen LogP contribution in [0.25, 0.3) is 0 Å². The van der Waals surface area contributed by atoms with Gasteiger partial charge in [-0.2, -0.15) is 0 Å². The molecule has 16 N–H and O–H groups in total. The summed E-state index contributed by atoms with van der Waals surface area (Å²) in [5.41, 5.74) is 8.39. The number of aromatic nitrogens is 6. The number of carbonyl (C=O) groups is 11. The highest BCUT2D eigenvalue weighted by Crippen LogP contribution is 2.16. The Kier molecular flexibility index (Phi) is 28.9. The van der Waals surface area contributed by atoms with Crippen LogP contribution in [-0.2, 0) is 78.4 Å². The lowest BCUT2D eigenvalue weighted by atomic mass is 9.96. The van der Waals surface area contributed by atoms with Crippen molar-refractivity contribution in [3.05, 3.63) is 90.5 Å². The Labute approximate surface area is 511 Å². The SMILES string of the molecule is CC[C@H](C)[C@H](NC(=O)[C@H](CC(C)C)NC(=O)[C@H](Cc1cnc[nH]1)NC(=O)[C@H](Cc1cnc[nH]1)NC(=O)[C@H](CC(C)C)NC(=O)[C@@H](N)Cc1ccccc1)C(=O)N[C@@H](C)C(=O)N[C@@H](CCC(=O)O)C(=O)N[C@H](C(=O)N[C@@H](Cc1cnc[nH]1)C(=O)O)[C@@H](C)CC. The van der Waals surface area contributed by atoms with Gasteiger partial charge in [0.25, 0.3) is 0 Å². The Hall–Kier alpha value is -9.02. The topological polar surface area (TPSA) is 449 Å². The van der Waals surface area contributed by atoms with Gasteiger partial charge in [-0.1, -0.05) is 98.6 Å². The van der Waals surface area contributed by atoms with E-state index in [4.69, 9.17) is 5.73 Å². The highest BCUT2D eigenvalue weighted by Gasteiger charge is 2.38. The number of hydrogen-bond acceptors (Lipinski definition) is 15. The molecule has 0 spiro atoms. The number of aromatic amines is 3. The number of imidazole rings is 3. The molecule has 9 amide bonds. The predicted octanol–water partition coefficient (Wildman–Crippen LogP) is -0.0293. The van der Waals surface area contributed by atoms with E-state index >= 15 is 0 Å². The number of aliphatic carboxylic acids is 2. The highest BCUT2D eigenvalue weighted by molar-refractivity contribution is 5.99. The van der Waals surface area contributed by atoms with Crippen LogP contribution in [0.4, 0.5) is 0 Å². The Morgan fingerprint density at radius 1 is 0.455 bits per heavy atom. The Morgan fingerprint density at radius 3 is 1.24 bits per heavy atom. The van der Waals surface area contributed by atoms with E-state index in [9.17, 15) is 63.0 Å².